The van der Waals surface area contributed by atoms with E-state index in [1.165, 1.54) is 66.1 Å². The van der Waals surface area contributed by atoms with Gasteiger partial charge in [-0.05, 0) is 143 Å². The molecule has 0 radical (unpaired) electrons. The zero-order chi connectivity index (χ0) is 47.8. The molecule has 1 aromatic heterocycles. The molecule has 13 aromatic rings. The Morgan fingerprint density at radius 2 is 0.653 bits per heavy atom. The Balaban J connectivity index is 0.838. The van der Waals surface area contributed by atoms with Crippen LogP contribution in [0.15, 0.2) is 290 Å². The van der Waals surface area contributed by atoms with Crippen LogP contribution in [0.4, 0.5) is 17.1 Å². The molecule has 0 unspecified atom stereocenters. The van der Waals surface area contributed by atoms with Crippen LogP contribution in [0.5, 0.6) is 0 Å². The van der Waals surface area contributed by atoms with E-state index >= 15 is 0 Å². The molecule has 0 bridgehead atoms. The highest BCUT2D eigenvalue weighted by Crippen LogP contribution is 2.43. The van der Waals surface area contributed by atoms with Gasteiger partial charge in [-0.15, -0.1) is 0 Å². The Morgan fingerprint density at radius 1 is 0.236 bits per heavy atom. The third-order valence-corrected chi connectivity index (χ3v) is 14.1. The van der Waals surface area contributed by atoms with Gasteiger partial charge in [0.15, 0.2) is 0 Å². The molecule has 0 aliphatic carbocycles. The number of hydrogen-bond acceptors (Lipinski definition) is 2. The average molecular weight is 918 g/mol. The van der Waals surface area contributed by atoms with Crippen LogP contribution in [0.25, 0.3) is 111 Å². The Kier molecular flexibility index (Phi) is 10.9. The van der Waals surface area contributed by atoms with E-state index in [0.29, 0.717) is 0 Å². The molecule has 0 saturated heterocycles. The molecular formula is C70H47NO. The number of nitrogens with zero attached hydrogens (tertiary/aromatic N) is 1. The monoisotopic (exact) mass is 917 g/mol. The van der Waals surface area contributed by atoms with Crippen molar-refractivity contribution >= 4 is 49.6 Å². The smallest absolute Gasteiger partial charge is 0.143 e. The molecule has 13 rings (SSSR count). The molecule has 1 heterocycles. The molecule has 0 atom stereocenters. The highest BCUT2D eigenvalue weighted by molar-refractivity contribution is 6.02. The lowest BCUT2D eigenvalue weighted by Crippen LogP contribution is -2.09. The molecule has 0 aliphatic heterocycles. The summed E-state index contributed by atoms with van der Waals surface area (Å²) < 4.78 is 6.62. The highest BCUT2D eigenvalue weighted by atomic mass is 16.3. The topological polar surface area (TPSA) is 16.4 Å². The SMILES string of the molecule is c1ccc(-c2c(-c3cccc(-c4ccc(N(c5ccc(-c6ccc(-c7cccc8ccccc78)cc6)cc5)c5ccc(-c6cccc(-c7ccc8ccccc8c7)c6)cc5)cc4)c3)oc3ccccc23)cc1. The van der Waals surface area contributed by atoms with Crippen LogP contribution in [0, 0.1) is 0 Å². The van der Waals surface area contributed by atoms with Crippen LogP contribution in [0.3, 0.4) is 0 Å². The molecule has 0 fully saturated rings. The molecule has 0 aliphatic rings. The first-order valence-electron chi connectivity index (χ1n) is 24.6. The maximum absolute atomic E-state index is 6.62. The Bertz CT molecular complexity index is 4050. The third kappa shape index (κ3) is 8.11. The van der Waals surface area contributed by atoms with Gasteiger partial charge in [0, 0.05) is 33.6 Å². The summed E-state index contributed by atoms with van der Waals surface area (Å²) in [5.41, 5.74) is 19.2. The highest BCUT2D eigenvalue weighted by Gasteiger charge is 2.19. The zero-order valence-electron chi connectivity index (χ0n) is 39.5. The van der Waals surface area contributed by atoms with Gasteiger partial charge in [0.25, 0.3) is 0 Å². The fourth-order valence-electron chi connectivity index (χ4n) is 10.4. The summed E-state index contributed by atoms with van der Waals surface area (Å²) in [7, 11) is 0. The van der Waals surface area contributed by atoms with Gasteiger partial charge in [-0.2, -0.15) is 0 Å². The molecule has 0 N–H and O–H groups in total. The van der Waals surface area contributed by atoms with E-state index in [-0.39, 0.29) is 0 Å². The molecule has 72 heavy (non-hydrogen) atoms. The normalized spacial score (nSPS) is 11.3. The Hall–Kier alpha value is -9.50. The van der Waals surface area contributed by atoms with E-state index in [1.54, 1.807) is 0 Å². The summed E-state index contributed by atoms with van der Waals surface area (Å²) in [6, 6.07) is 103. The van der Waals surface area contributed by atoms with E-state index in [2.05, 4.69) is 284 Å². The van der Waals surface area contributed by atoms with Crippen molar-refractivity contribution in [1.82, 2.24) is 0 Å². The van der Waals surface area contributed by atoms with Crippen molar-refractivity contribution in [1.29, 1.82) is 0 Å². The van der Waals surface area contributed by atoms with Crippen LogP contribution in [-0.4, -0.2) is 0 Å². The van der Waals surface area contributed by atoms with Crippen molar-refractivity contribution in [3.8, 4) is 78.1 Å². The van der Waals surface area contributed by atoms with Crippen molar-refractivity contribution in [2.45, 2.75) is 0 Å². The fraction of sp³-hybridized carbons (Fsp3) is 0. The number of furan rings is 1. The molecule has 12 aromatic carbocycles. The molecule has 2 nitrogen and oxygen atoms in total. The number of fused-ring (bicyclic) bond motifs is 3. The van der Waals surface area contributed by atoms with Gasteiger partial charge < -0.3 is 9.32 Å². The zero-order valence-corrected chi connectivity index (χ0v) is 39.5. The molecule has 0 spiro atoms. The minimum Gasteiger partial charge on any atom is -0.455 e. The first kappa shape index (κ1) is 42.6. The molecule has 338 valence electrons. The van der Waals surface area contributed by atoms with E-state index < -0.39 is 0 Å². The van der Waals surface area contributed by atoms with Gasteiger partial charge in [0.05, 0.1) is 0 Å². The van der Waals surface area contributed by atoms with Crippen molar-refractivity contribution in [3.05, 3.63) is 285 Å². The predicted octanol–water partition coefficient (Wildman–Crippen LogP) is 19.9. The van der Waals surface area contributed by atoms with E-state index in [1.807, 2.05) is 6.07 Å². The van der Waals surface area contributed by atoms with E-state index in [9.17, 15) is 0 Å². The quantitative estimate of drug-likeness (QED) is 0.136. The Morgan fingerprint density at radius 3 is 1.31 bits per heavy atom. The van der Waals surface area contributed by atoms with Gasteiger partial charge in [-0.3, -0.25) is 0 Å². The number of benzene rings is 12. The van der Waals surface area contributed by atoms with Crippen molar-refractivity contribution in [2.75, 3.05) is 4.90 Å². The van der Waals surface area contributed by atoms with Crippen LogP contribution < -0.4 is 4.90 Å². The molecule has 0 amide bonds. The minimum absolute atomic E-state index is 0.875. The number of para-hydroxylation sites is 1. The second-order valence-corrected chi connectivity index (χ2v) is 18.5. The summed E-state index contributed by atoms with van der Waals surface area (Å²) in [6.45, 7) is 0. The second kappa shape index (κ2) is 18.4. The first-order chi connectivity index (χ1) is 35.7. The lowest BCUT2D eigenvalue weighted by atomic mass is 9.96. The van der Waals surface area contributed by atoms with Crippen molar-refractivity contribution in [2.24, 2.45) is 0 Å². The van der Waals surface area contributed by atoms with E-state index in [4.69, 9.17) is 4.42 Å². The van der Waals surface area contributed by atoms with E-state index in [0.717, 1.165) is 61.6 Å². The summed E-state index contributed by atoms with van der Waals surface area (Å²) in [5.74, 6) is 0.875. The number of hydrogen-bond donors (Lipinski definition) is 0. The third-order valence-electron chi connectivity index (χ3n) is 14.1. The van der Waals surface area contributed by atoms with Gasteiger partial charge in [-0.1, -0.05) is 224 Å². The average Bonchev–Trinajstić information content (AvgIpc) is 3.86. The summed E-state index contributed by atoms with van der Waals surface area (Å²) >= 11 is 0. The van der Waals surface area contributed by atoms with Crippen LogP contribution >= 0.6 is 0 Å². The number of rotatable bonds is 10. The molecule has 2 heteroatoms. The molecular weight excluding hydrogens is 871 g/mol. The van der Waals surface area contributed by atoms with Gasteiger partial charge in [0.2, 0.25) is 0 Å². The van der Waals surface area contributed by atoms with Crippen LogP contribution in [0.2, 0.25) is 0 Å². The summed E-state index contributed by atoms with van der Waals surface area (Å²) in [4.78, 5) is 2.35. The fourth-order valence-corrected chi connectivity index (χ4v) is 10.4. The van der Waals surface area contributed by atoms with Gasteiger partial charge in [-0.25, -0.2) is 0 Å². The molecule has 0 saturated carbocycles. The predicted molar refractivity (Wildman–Crippen MR) is 304 cm³/mol. The lowest BCUT2D eigenvalue weighted by molar-refractivity contribution is 0.632. The Labute approximate surface area is 420 Å². The standard InChI is InChI=1S/C70H47NO/c1-2-15-55(16-3-1)69-67-24-8-9-26-68(67)72-70(69)61-22-11-20-58(47-61)52-37-43-64(44-38-52)71(62-39-33-50(34-40-62)49-27-30-54(31-28-49)66-25-12-18-53-14-6-7-23-65(53)66)63-41-35-51(36-42-63)57-19-10-21-59(45-57)60-32-29-48-13-4-5-17-56(48)46-60/h1-47H. The maximum Gasteiger partial charge on any atom is 0.143 e. The summed E-state index contributed by atoms with van der Waals surface area (Å²) in [6.07, 6.45) is 0. The number of anilines is 3. The maximum atomic E-state index is 6.62. The van der Waals surface area contributed by atoms with Crippen LogP contribution in [-0.2, 0) is 0 Å². The van der Waals surface area contributed by atoms with Gasteiger partial charge in [0.1, 0.15) is 11.3 Å². The van der Waals surface area contributed by atoms with Crippen LogP contribution in [0.1, 0.15) is 0 Å². The summed E-state index contributed by atoms with van der Waals surface area (Å²) in [5, 5.41) is 6.12. The van der Waals surface area contributed by atoms with Crippen molar-refractivity contribution in [3.63, 3.8) is 0 Å². The first-order valence-corrected chi connectivity index (χ1v) is 24.6. The van der Waals surface area contributed by atoms with Gasteiger partial charge >= 0.3 is 0 Å². The lowest BCUT2D eigenvalue weighted by Gasteiger charge is -2.26. The largest absolute Gasteiger partial charge is 0.455 e. The minimum atomic E-state index is 0.875. The van der Waals surface area contributed by atoms with Crippen molar-refractivity contribution < 1.29 is 4.42 Å². The second-order valence-electron chi connectivity index (χ2n) is 18.5.